The summed E-state index contributed by atoms with van der Waals surface area (Å²) in [5.41, 5.74) is 2.73. The van der Waals surface area contributed by atoms with Gasteiger partial charge in [-0.15, -0.1) is 0 Å². The lowest BCUT2D eigenvalue weighted by atomic mass is 9.93. The molecular weight excluding hydrogens is 482 g/mol. The van der Waals surface area contributed by atoms with Crippen LogP contribution in [0.4, 0.5) is 23.0 Å². The highest BCUT2D eigenvalue weighted by atomic mass is 32.2. The van der Waals surface area contributed by atoms with Gasteiger partial charge < -0.3 is 24.9 Å². The van der Waals surface area contributed by atoms with Crippen molar-refractivity contribution in [2.24, 2.45) is 5.41 Å². The molecule has 1 aromatic heterocycles. The van der Waals surface area contributed by atoms with Crippen molar-refractivity contribution in [3.63, 3.8) is 0 Å². The SMILES string of the molecule is CC1(O)CCN(c2cccc(NC(=O)c3ccc(NSC4(C)CC4)cc3N3CCC4(CC3)CC4)n2)CC1. The zero-order chi connectivity index (χ0) is 25.7. The molecule has 2 aromatic rings. The smallest absolute Gasteiger partial charge is 0.258 e. The summed E-state index contributed by atoms with van der Waals surface area (Å²) in [5.74, 6) is 1.27. The maximum absolute atomic E-state index is 13.6. The molecule has 1 spiro atoms. The van der Waals surface area contributed by atoms with Crippen LogP contribution in [0.5, 0.6) is 0 Å². The fourth-order valence-corrected chi connectivity index (χ4v) is 6.28. The summed E-state index contributed by atoms with van der Waals surface area (Å²) in [7, 11) is 0. The van der Waals surface area contributed by atoms with Gasteiger partial charge in [-0.05, 0) is 113 Å². The Bertz CT molecular complexity index is 1160. The minimum Gasteiger partial charge on any atom is -0.390 e. The van der Waals surface area contributed by atoms with Gasteiger partial charge in [-0.2, -0.15) is 0 Å². The van der Waals surface area contributed by atoms with Crippen molar-refractivity contribution in [3.05, 3.63) is 42.0 Å². The van der Waals surface area contributed by atoms with Crippen molar-refractivity contribution >= 4 is 40.9 Å². The molecule has 2 aliphatic heterocycles. The lowest BCUT2D eigenvalue weighted by Gasteiger charge is -2.36. The first-order valence-corrected chi connectivity index (χ1v) is 14.6. The first kappa shape index (κ1) is 24.9. The monoisotopic (exact) mass is 521 g/mol. The maximum Gasteiger partial charge on any atom is 0.258 e. The predicted molar refractivity (Wildman–Crippen MR) is 153 cm³/mol. The zero-order valence-electron chi connectivity index (χ0n) is 22.1. The molecule has 0 bridgehead atoms. The van der Waals surface area contributed by atoms with Gasteiger partial charge in [-0.3, -0.25) is 4.79 Å². The number of nitrogens with zero attached hydrogens (tertiary/aromatic N) is 3. The first-order valence-electron chi connectivity index (χ1n) is 13.8. The van der Waals surface area contributed by atoms with Gasteiger partial charge in [0.25, 0.3) is 5.91 Å². The molecule has 0 atom stereocenters. The fourth-order valence-electron chi connectivity index (χ4n) is 5.48. The fraction of sp³-hybridized carbons (Fsp3) is 0.586. The van der Waals surface area contributed by atoms with Gasteiger partial charge in [-0.25, -0.2) is 4.98 Å². The van der Waals surface area contributed by atoms with Crippen molar-refractivity contribution in [1.29, 1.82) is 0 Å². The van der Waals surface area contributed by atoms with E-state index in [0.717, 1.165) is 43.4 Å². The van der Waals surface area contributed by atoms with E-state index in [0.29, 0.717) is 34.4 Å². The number of nitrogens with one attached hydrogen (secondary N) is 2. The van der Waals surface area contributed by atoms with Crippen LogP contribution in [0.3, 0.4) is 0 Å². The summed E-state index contributed by atoms with van der Waals surface area (Å²) >= 11 is 1.80. The Kier molecular flexibility index (Phi) is 6.30. The number of hydrogen-bond acceptors (Lipinski definition) is 7. The van der Waals surface area contributed by atoms with Crippen LogP contribution in [-0.2, 0) is 0 Å². The Morgan fingerprint density at radius 2 is 1.62 bits per heavy atom. The highest BCUT2D eigenvalue weighted by Gasteiger charge is 2.44. The third kappa shape index (κ3) is 5.70. The number of anilines is 4. The number of aliphatic hydroxyl groups is 1. The van der Waals surface area contributed by atoms with Crippen molar-refractivity contribution in [1.82, 2.24) is 4.98 Å². The largest absolute Gasteiger partial charge is 0.390 e. The first-order chi connectivity index (χ1) is 17.7. The van der Waals surface area contributed by atoms with E-state index in [1.165, 1.54) is 38.5 Å². The molecule has 2 saturated heterocycles. The number of benzene rings is 1. The molecular formula is C29H39N5O2S. The summed E-state index contributed by atoms with van der Waals surface area (Å²) in [5, 5.41) is 13.4. The summed E-state index contributed by atoms with van der Waals surface area (Å²) in [6.45, 7) is 7.69. The summed E-state index contributed by atoms with van der Waals surface area (Å²) < 4.78 is 3.88. The van der Waals surface area contributed by atoms with Crippen LogP contribution in [0, 0.1) is 5.41 Å². The van der Waals surface area contributed by atoms with E-state index in [9.17, 15) is 9.90 Å². The Labute approximate surface area is 224 Å². The molecule has 8 heteroatoms. The average Bonchev–Trinajstić information content (AvgIpc) is 3.82. The average molecular weight is 522 g/mol. The molecule has 2 aliphatic carbocycles. The van der Waals surface area contributed by atoms with E-state index in [2.05, 4.69) is 32.8 Å². The number of amides is 1. The summed E-state index contributed by atoms with van der Waals surface area (Å²) in [4.78, 5) is 22.9. The normalized spacial score (nSPS) is 23.0. The standard InChI is InChI=1S/C29H39N5O2S/c1-27(36)12-16-34(17-13-27)25-5-3-4-24(30-25)31-26(35)22-7-6-21(32-37-28(2)8-9-28)20-23(22)33-18-14-29(10-11-29)15-19-33/h3-7,20,32,36H,8-19H2,1-2H3,(H,30,31,35). The van der Waals surface area contributed by atoms with E-state index in [4.69, 9.17) is 4.98 Å². The molecule has 7 nitrogen and oxygen atoms in total. The van der Waals surface area contributed by atoms with E-state index in [-0.39, 0.29) is 5.91 Å². The lowest BCUT2D eigenvalue weighted by molar-refractivity contribution is 0.0350. The van der Waals surface area contributed by atoms with Gasteiger partial charge in [0.15, 0.2) is 0 Å². The molecule has 3 N–H and O–H groups in total. The molecule has 6 rings (SSSR count). The summed E-state index contributed by atoms with van der Waals surface area (Å²) in [6, 6.07) is 11.9. The quantitative estimate of drug-likeness (QED) is 0.405. The van der Waals surface area contributed by atoms with E-state index in [1.54, 1.807) is 11.9 Å². The number of piperidine rings is 2. The Morgan fingerprint density at radius 3 is 2.30 bits per heavy atom. The molecule has 198 valence electrons. The van der Waals surface area contributed by atoms with Crippen molar-refractivity contribution in [2.75, 3.05) is 46.0 Å². The molecule has 37 heavy (non-hydrogen) atoms. The van der Waals surface area contributed by atoms with Gasteiger partial charge in [0.1, 0.15) is 11.6 Å². The minimum atomic E-state index is -0.609. The topological polar surface area (TPSA) is 80.7 Å². The van der Waals surface area contributed by atoms with E-state index < -0.39 is 5.60 Å². The van der Waals surface area contributed by atoms with Gasteiger partial charge in [-0.1, -0.05) is 6.07 Å². The third-order valence-electron chi connectivity index (χ3n) is 8.87. The predicted octanol–water partition coefficient (Wildman–Crippen LogP) is 5.68. The number of aromatic nitrogens is 1. The molecule has 0 radical (unpaired) electrons. The van der Waals surface area contributed by atoms with Crippen molar-refractivity contribution in [3.8, 4) is 0 Å². The highest BCUT2D eigenvalue weighted by Crippen LogP contribution is 2.54. The summed E-state index contributed by atoms with van der Waals surface area (Å²) in [6.07, 6.45) is 9.07. The molecule has 3 heterocycles. The molecule has 1 amide bonds. The third-order valence-corrected chi connectivity index (χ3v) is 10.1. The Morgan fingerprint density at radius 1 is 0.919 bits per heavy atom. The number of hydrogen-bond donors (Lipinski definition) is 3. The van der Waals surface area contributed by atoms with Gasteiger partial charge in [0.05, 0.1) is 16.9 Å². The van der Waals surface area contributed by atoms with Crippen LogP contribution in [-0.4, -0.2) is 52.5 Å². The van der Waals surface area contributed by atoms with Gasteiger partial charge in [0, 0.05) is 36.6 Å². The number of carbonyl (C=O) groups excluding carboxylic acids is 1. The van der Waals surface area contributed by atoms with Crippen molar-refractivity contribution in [2.45, 2.75) is 75.6 Å². The molecule has 4 fully saturated rings. The second-order valence-corrected chi connectivity index (χ2v) is 13.6. The van der Waals surface area contributed by atoms with Gasteiger partial charge >= 0.3 is 0 Å². The van der Waals surface area contributed by atoms with Crippen LogP contribution in [0.25, 0.3) is 0 Å². The van der Waals surface area contributed by atoms with E-state index >= 15 is 0 Å². The molecule has 1 aromatic carbocycles. The van der Waals surface area contributed by atoms with Crippen LogP contribution in [0.15, 0.2) is 36.4 Å². The second kappa shape index (κ2) is 9.38. The van der Waals surface area contributed by atoms with Crippen LogP contribution in [0.1, 0.15) is 75.6 Å². The Balaban J connectivity index is 1.19. The highest BCUT2D eigenvalue weighted by molar-refractivity contribution is 8.02. The van der Waals surface area contributed by atoms with Crippen molar-refractivity contribution < 1.29 is 9.90 Å². The number of carbonyl (C=O) groups is 1. The van der Waals surface area contributed by atoms with E-state index in [1.807, 2.05) is 37.3 Å². The minimum absolute atomic E-state index is 0.124. The maximum atomic E-state index is 13.6. The number of rotatable bonds is 7. The molecule has 2 saturated carbocycles. The van der Waals surface area contributed by atoms with Gasteiger partial charge in [0.2, 0.25) is 0 Å². The number of pyridine rings is 1. The second-order valence-electron chi connectivity index (χ2n) is 12.2. The van der Waals surface area contributed by atoms with Crippen LogP contribution >= 0.6 is 11.9 Å². The Hall–Kier alpha value is -2.45. The lowest BCUT2D eigenvalue weighted by Crippen LogP contribution is -2.42. The van der Waals surface area contributed by atoms with Crippen LogP contribution in [0.2, 0.25) is 0 Å². The molecule has 0 unspecified atom stereocenters. The zero-order valence-corrected chi connectivity index (χ0v) is 22.9. The molecule has 4 aliphatic rings. The van der Waals surface area contributed by atoms with Crippen LogP contribution < -0.4 is 19.8 Å².